The lowest BCUT2D eigenvalue weighted by Crippen LogP contribution is -2.22. The predicted octanol–water partition coefficient (Wildman–Crippen LogP) is 9.87. The van der Waals surface area contributed by atoms with Crippen molar-refractivity contribution in [2.75, 3.05) is 0 Å². The summed E-state index contributed by atoms with van der Waals surface area (Å²) in [7, 11) is 0. The minimum Gasteiger partial charge on any atom is -0.429 e. The fourth-order valence-electron chi connectivity index (χ4n) is 5.01. The van der Waals surface area contributed by atoms with Crippen molar-refractivity contribution in [2.24, 2.45) is 5.92 Å². The first-order valence-electron chi connectivity index (χ1n) is 13.2. The Bertz CT molecular complexity index is 1160. The standard InChI is InChI=1S/C32H34F4O/c1-2-3-4-5-23-6-10-25(11-7-23)26-12-8-24(9-13-26)20-21-32(35,36)37-29-17-14-27(15-18-29)28-16-19-30(33)31(34)22-28/h6-7,10-11,14-22,24,26H,2-5,8-9,12-13H2,1H3. The Morgan fingerprint density at radius 2 is 1.49 bits per heavy atom. The van der Waals surface area contributed by atoms with Crippen molar-refractivity contribution in [3.63, 3.8) is 0 Å². The van der Waals surface area contributed by atoms with Crippen LogP contribution < -0.4 is 4.74 Å². The first-order valence-corrected chi connectivity index (χ1v) is 13.2. The molecule has 196 valence electrons. The molecule has 0 aromatic heterocycles. The molecule has 0 N–H and O–H groups in total. The lowest BCUT2D eigenvalue weighted by molar-refractivity contribution is -0.132. The summed E-state index contributed by atoms with van der Waals surface area (Å²) in [6.45, 7) is 2.21. The van der Waals surface area contributed by atoms with Crippen molar-refractivity contribution in [2.45, 2.75) is 70.3 Å². The summed E-state index contributed by atoms with van der Waals surface area (Å²) < 4.78 is 60.5. The Labute approximate surface area is 217 Å². The molecular formula is C32H34F4O. The molecule has 0 spiro atoms. The molecule has 0 heterocycles. The van der Waals surface area contributed by atoms with Crippen molar-refractivity contribution in [3.05, 3.63) is 102 Å². The Hall–Kier alpha value is -3.08. The highest BCUT2D eigenvalue weighted by Gasteiger charge is 2.29. The first kappa shape index (κ1) is 27.0. The van der Waals surface area contributed by atoms with Gasteiger partial charge in [0.05, 0.1) is 0 Å². The molecule has 1 aliphatic rings. The van der Waals surface area contributed by atoms with Gasteiger partial charge in [-0.25, -0.2) is 8.78 Å². The second-order valence-corrected chi connectivity index (χ2v) is 9.99. The van der Waals surface area contributed by atoms with Gasteiger partial charge in [0.2, 0.25) is 0 Å². The van der Waals surface area contributed by atoms with E-state index in [0.29, 0.717) is 17.0 Å². The molecule has 1 saturated carbocycles. The monoisotopic (exact) mass is 510 g/mol. The van der Waals surface area contributed by atoms with Crippen LogP contribution in [0.2, 0.25) is 0 Å². The van der Waals surface area contributed by atoms with Gasteiger partial charge in [-0.15, -0.1) is 0 Å². The quantitative estimate of drug-likeness (QED) is 0.150. The minimum absolute atomic E-state index is 0.00262. The van der Waals surface area contributed by atoms with Crippen LogP contribution in [0.15, 0.2) is 78.9 Å². The smallest absolute Gasteiger partial charge is 0.419 e. The third kappa shape index (κ3) is 7.70. The van der Waals surface area contributed by atoms with Gasteiger partial charge in [-0.2, -0.15) is 8.78 Å². The number of aryl methyl sites for hydroxylation is 1. The van der Waals surface area contributed by atoms with Crippen LogP contribution >= 0.6 is 0 Å². The molecule has 3 aromatic carbocycles. The van der Waals surface area contributed by atoms with E-state index < -0.39 is 17.7 Å². The highest BCUT2D eigenvalue weighted by molar-refractivity contribution is 5.64. The third-order valence-corrected chi connectivity index (χ3v) is 7.22. The van der Waals surface area contributed by atoms with Crippen molar-refractivity contribution in [3.8, 4) is 16.9 Å². The average Bonchev–Trinajstić information content (AvgIpc) is 2.90. The fourth-order valence-corrected chi connectivity index (χ4v) is 5.01. The van der Waals surface area contributed by atoms with Gasteiger partial charge in [-0.05, 0) is 96.9 Å². The Kier molecular flexibility index (Phi) is 9.07. The van der Waals surface area contributed by atoms with E-state index in [0.717, 1.165) is 50.3 Å². The van der Waals surface area contributed by atoms with Gasteiger partial charge < -0.3 is 4.74 Å². The van der Waals surface area contributed by atoms with Gasteiger partial charge in [0.25, 0.3) is 0 Å². The molecule has 4 rings (SSSR count). The molecule has 1 fully saturated rings. The lowest BCUT2D eigenvalue weighted by Gasteiger charge is -2.27. The van der Waals surface area contributed by atoms with Gasteiger partial charge in [-0.3, -0.25) is 0 Å². The molecule has 37 heavy (non-hydrogen) atoms. The van der Waals surface area contributed by atoms with Crippen LogP contribution in [0, 0.1) is 17.6 Å². The normalized spacial score (nSPS) is 18.3. The molecule has 1 aliphatic carbocycles. The Morgan fingerprint density at radius 1 is 0.811 bits per heavy atom. The molecule has 0 atom stereocenters. The van der Waals surface area contributed by atoms with E-state index in [4.69, 9.17) is 4.74 Å². The van der Waals surface area contributed by atoms with E-state index in [2.05, 4.69) is 31.2 Å². The zero-order valence-electron chi connectivity index (χ0n) is 21.2. The number of ether oxygens (including phenoxy) is 1. The first-order chi connectivity index (χ1) is 17.8. The van der Waals surface area contributed by atoms with Crippen molar-refractivity contribution in [1.29, 1.82) is 0 Å². The maximum atomic E-state index is 14.5. The number of alkyl halides is 2. The number of halogens is 4. The molecule has 0 amide bonds. The number of benzene rings is 3. The number of hydrogen-bond acceptors (Lipinski definition) is 1. The van der Waals surface area contributed by atoms with E-state index in [-0.39, 0.29) is 11.7 Å². The van der Waals surface area contributed by atoms with Crippen LogP contribution in [0.3, 0.4) is 0 Å². The average molecular weight is 511 g/mol. The second kappa shape index (κ2) is 12.4. The molecule has 3 aromatic rings. The minimum atomic E-state index is -3.44. The topological polar surface area (TPSA) is 9.23 Å². The summed E-state index contributed by atoms with van der Waals surface area (Å²) in [5.41, 5.74) is 3.76. The van der Waals surface area contributed by atoms with Crippen molar-refractivity contribution < 1.29 is 22.3 Å². The predicted molar refractivity (Wildman–Crippen MR) is 141 cm³/mol. The second-order valence-electron chi connectivity index (χ2n) is 9.99. The molecule has 1 nitrogen and oxygen atoms in total. The zero-order valence-corrected chi connectivity index (χ0v) is 21.2. The fraction of sp³-hybridized carbons (Fsp3) is 0.375. The van der Waals surface area contributed by atoms with Gasteiger partial charge in [0.15, 0.2) is 11.6 Å². The molecule has 5 heteroatoms. The van der Waals surface area contributed by atoms with E-state index in [1.54, 1.807) is 18.2 Å². The highest BCUT2D eigenvalue weighted by atomic mass is 19.3. The molecule has 0 bridgehead atoms. The van der Waals surface area contributed by atoms with Crippen LogP contribution in [-0.2, 0) is 6.42 Å². The maximum Gasteiger partial charge on any atom is 0.419 e. The van der Waals surface area contributed by atoms with Gasteiger partial charge >= 0.3 is 6.11 Å². The third-order valence-electron chi connectivity index (χ3n) is 7.22. The van der Waals surface area contributed by atoms with Crippen molar-refractivity contribution in [1.82, 2.24) is 0 Å². The van der Waals surface area contributed by atoms with Crippen LogP contribution in [0.1, 0.15) is 68.9 Å². The summed E-state index contributed by atoms with van der Waals surface area (Å²) >= 11 is 0. The zero-order chi connectivity index (χ0) is 26.3. The molecule has 0 saturated heterocycles. The number of hydrogen-bond donors (Lipinski definition) is 0. The molecule has 0 radical (unpaired) electrons. The lowest BCUT2D eigenvalue weighted by atomic mass is 9.78. The summed E-state index contributed by atoms with van der Waals surface area (Å²) in [5.74, 6) is -1.30. The van der Waals surface area contributed by atoms with E-state index in [9.17, 15) is 17.6 Å². The number of rotatable bonds is 10. The molecule has 0 unspecified atom stereocenters. The maximum absolute atomic E-state index is 14.5. The van der Waals surface area contributed by atoms with Crippen molar-refractivity contribution >= 4 is 0 Å². The van der Waals surface area contributed by atoms with E-state index >= 15 is 0 Å². The largest absolute Gasteiger partial charge is 0.429 e. The summed E-state index contributed by atoms with van der Waals surface area (Å²) in [5, 5.41) is 0. The van der Waals surface area contributed by atoms with Gasteiger partial charge in [0.1, 0.15) is 5.75 Å². The van der Waals surface area contributed by atoms with Gasteiger partial charge in [0, 0.05) is 6.08 Å². The Balaban J connectivity index is 1.27. The SMILES string of the molecule is CCCCCc1ccc(C2CCC(C=CC(F)(F)Oc3ccc(-c4ccc(F)c(F)c4)cc3)CC2)cc1. The van der Waals surface area contributed by atoms with E-state index in [1.165, 1.54) is 48.6 Å². The van der Waals surface area contributed by atoms with Crippen LogP contribution in [0.4, 0.5) is 17.6 Å². The molecular weight excluding hydrogens is 476 g/mol. The number of unbranched alkanes of at least 4 members (excludes halogenated alkanes) is 2. The van der Waals surface area contributed by atoms with E-state index in [1.807, 2.05) is 0 Å². The van der Waals surface area contributed by atoms with Crippen LogP contribution in [-0.4, -0.2) is 6.11 Å². The number of allylic oxidation sites excluding steroid dienone is 1. The van der Waals surface area contributed by atoms with Crippen LogP contribution in [0.5, 0.6) is 5.75 Å². The molecule has 0 aliphatic heterocycles. The van der Waals surface area contributed by atoms with Crippen LogP contribution in [0.25, 0.3) is 11.1 Å². The summed E-state index contributed by atoms with van der Waals surface area (Å²) in [4.78, 5) is 0. The van der Waals surface area contributed by atoms with Gasteiger partial charge in [-0.1, -0.05) is 68.3 Å². The highest BCUT2D eigenvalue weighted by Crippen LogP contribution is 2.37. The summed E-state index contributed by atoms with van der Waals surface area (Å²) in [6, 6.07) is 18.4. The Morgan fingerprint density at radius 3 is 2.14 bits per heavy atom. The summed E-state index contributed by atoms with van der Waals surface area (Å²) in [6.07, 6.45) is 7.56.